The van der Waals surface area contributed by atoms with Crippen molar-refractivity contribution in [3.63, 3.8) is 0 Å². The van der Waals surface area contributed by atoms with Crippen molar-refractivity contribution in [1.29, 1.82) is 0 Å². The van der Waals surface area contributed by atoms with Crippen LogP contribution in [0.4, 0.5) is 5.69 Å². The molecule has 0 atom stereocenters. The van der Waals surface area contributed by atoms with Crippen LogP contribution in [0.1, 0.15) is 6.92 Å². The van der Waals surface area contributed by atoms with E-state index in [4.69, 9.17) is 5.73 Å². The van der Waals surface area contributed by atoms with Crippen molar-refractivity contribution >= 4 is 27.3 Å². The summed E-state index contributed by atoms with van der Waals surface area (Å²) in [5.74, 6) is 0.0784. The Morgan fingerprint density at radius 1 is 1.43 bits per heavy atom. The van der Waals surface area contributed by atoms with Crippen LogP contribution in [-0.2, 0) is 9.84 Å². The molecule has 0 spiro atoms. The number of sulfone groups is 1. The molecule has 5 heteroatoms. The van der Waals surface area contributed by atoms with Crippen molar-refractivity contribution < 1.29 is 8.42 Å². The lowest BCUT2D eigenvalue weighted by Crippen LogP contribution is -2.07. The predicted octanol–water partition coefficient (Wildman–Crippen LogP) is 1.78. The molecular formula is C9H13NO2S2. The van der Waals surface area contributed by atoms with Gasteiger partial charge in [0.15, 0.2) is 9.84 Å². The van der Waals surface area contributed by atoms with E-state index >= 15 is 0 Å². The zero-order chi connectivity index (χ0) is 10.8. The second-order valence-electron chi connectivity index (χ2n) is 2.81. The van der Waals surface area contributed by atoms with E-state index in [1.165, 1.54) is 11.8 Å². The molecule has 0 aliphatic carbocycles. The van der Waals surface area contributed by atoms with E-state index in [0.717, 1.165) is 4.90 Å². The van der Waals surface area contributed by atoms with Crippen LogP contribution in [0.2, 0.25) is 0 Å². The van der Waals surface area contributed by atoms with E-state index in [1.807, 2.05) is 12.3 Å². The molecule has 1 aromatic carbocycles. The van der Waals surface area contributed by atoms with Gasteiger partial charge in [0.1, 0.15) is 0 Å². The number of benzene rings is 1. The van der Waals surface area contributed by atoms with Gasteiger partial charge >= 0.3 is 0 Å². The van der Waals surface area contributed by atoms with Crippen LogP contribution in [-0.4, -0.2) is 20.4 Å². The van der Waals surface area contributed by atoms with Crippen molar-refractivity contribution in [2.45, 2.75) is 16.7 Å². The third-order valence-corrected chi connectivity index (χ3v) is 4.44. The predicted molar refractivity (Wildman–Crippen MR) is 60.4 cm³/mol. The Hall–Kier alpha value is -0.680. The van der Waals surface area contributed by atoms with Gasteiger partial charge in [-0.1, -0.05) is 6.92 Å². The van der Waals surface area contributed by atoms with E-state index < -0.39 is 9.84 Å². The Morgan fingerprint density at radius 3 is 2.57 bits per heavy atom. The summed E-state index contributed by atoms with van der Waals surface area (Å²) < 4.78 is 23.2. The minimum absolute atomic E-state index is 0.0784. The minimum Gasteiger partial charge on any atom is -0.398 e. The molecule has 0 saturated heterocycles. The molecule has 0 bridgehead atoms. The van der Waals surface area contributed by atoms with Crippen molar-refractivity contribution in [1.82, 2.24) is 0 Å². The first kappa shape index (κ1) is 11.4. The van der Waals surface area contributed by atoms with Crippen LogP contribution in [0.15, 0.2) is 28.0 Å². The lowest BCUT2D eigenvalue weighted by Gasteiger charge is -2.06. The Labute approximate surface area is 88.6 Å². The fraction of sp³-hybridized carbons (Fsp3) is 0.333. The third-order valence-electron chi connectivity index (χ3n) is 1.94. The summed E-state index contributed by atoms with van der Waals surface area (Å²) >= 11 is 1.50. The lowest BCUT2D eigenvalue weighted by molar-refractivity contribution is 0.597. The van der Waals surface area contributed by atoms with Crippen LogP contribution >= 0.6 is 11.8 Å². The number of thioether (sulfide) groups is 1. The van der Waals surface area contributed by atoms with Gasteiger partial charge in [0.2, 0.25) is 0 Å². The number of nitrogen functional groups attached to an aromatic ring is 1. The smallest absolute Gasteiger partial charge is 0.180 e. The maximum Gasteiger partial charge on any atom is 0.180 e. The molecule has 0 fully saturated rings. The first-order valence-electron chi connectivity index (χ1n) is 4.17. The average Bonchev–Trinajstić information content (AvgIpc) is 2.18. The van der Waals surface area contributed by atoms with Crippen LogP contribution in [0, 0.1) is 0 Å². The van der Waals surface area contributed by atoms with Gasteiger partial charge in [-0.05, 0) is 24.5 Å². The fourth-order valence-corrected chi connectivity index (χ4v) is 2.63. The van der Waals surface area contributed by atoms with Gasteiger partial charge in [0.05, 0.1) is 16.3 Å². The van der Waals surface area contributed by atoms with Crippen LogP contribution in [0.3, 0.4) is 0 Å². The van der Waals surface area contributed by atoms with Crippen molar-refractivity contribution in [2.24, 2.45) is 0 Å². The van der Waals surface area contributed by atoms with E-state index in [1.54, 1.807) is 19.1 Å². The summed E-state index contributed by atoms with van der Waals surface area (Å²) in [5.41, 5.74) is 5.94. The van der Waals surface area contributed by atoms with Crippen molar-refractivity contribution in [3.05, 3.63) is 18.2 Å². The van der Waals surface area contributed by atoms with Gasteiger partial charge < -0.3 is 5.73 Å². The molecule has 0 aliphatic rings. The molecule has 0 radical (unpaired) electrons. The molecule has 0 amide bonds. The zero-order valence-corrected chi connectivity index (χ0v) is 9.78. The maximum absolute atomic E-state index is 11.6. The summed E-state index contributed by atoms with van der Waals surface area (Å²) in [6.45, 7) is 1.61. The summed E-state index contributed by atoms with van der Waals surface area (Å²) in [7, 11) is -3.20. The molecule has 14 heavy (non-hydrogen) atoms. The molecule has 0 aliphatic heterocycles. The monoisotopic (exact) mass is 231 g/mol. The second kappa shape index (κ2) is 4.23. The quantitative estimate of drug-likeness (QED) is 0.636. The summed E-state index contributed by atoms with van der Waals surface area (Å²) in [4.78, 5) is 1.15. The van der Waals surface area contributed by atoms with E-state index in [2.05, 4.69) is 0 Å². The van der Waals surface area contributed by atoms with Gasteiger partial charge in [-0.25, -0.2) is 8.42 Å². The molecule has 0 heterocycles. The number of hydrogen-bond acceptors (Lipinski definition) is 4. The standard InChI is InChI=1S/C9H13NO2S2/c1-3-14(11,12)9-6-7(13-2)4-5-8(9)10/h4-6H,3,10H2,1-2H3. The summed E-state index contributed by atoms with van der Waals surface area (Å²) in [5, 5.41) is 0. The molecule has 78 valence electrons. The van der Waals surface area contributed by atoms with Gasteiger partial charge in [-0.15, -0.1) is 11.8 Å². The zero-order valence-electron chi connectivity index (χ0n) is 8.15. The highest BCUT2D eigenvalue weighted by molar-refractivity contribution is 7.98. The number of rotatable bonds is 3. The van der Waals surface area contributed by atoms with E-state index in [-0.39, 0.29) is 10.6 Å². The molecule has 1 aromatic rings. The SMILES string of the molecule is CCS(=O)(=O)c1cc(SC)ccc1N. The molecule has 2 N–H and O–H groups in total. The topological polar surface area (TPSA) is 60.2 Å². The second-order valence-corrected chi connectivity index (χ2v) is 5.93. The highest BCUT2D eigenvalue weighted by Gasteiger charge is 2.15. The Bertz CT molecular complexity index is 426. The molecule has 3 nitrogen and oxygen atoms in total. The first-order chi connectivity index (χ1) is 6.51. The molecule has 1 rings (SSSR count). The summed E-state index contributed by atoms with van der Waals surface area (Å²) in [6, 6.07) is 5.07. The van der Waals surface area contributed by atoms with Crippen LogP contribution < -0.4 is 5.73 Å². The van der Waals surface area contributed by atoms with Gasteiger partial charge in [0.25, 0.3) is 0 Å². The number of anilines is 1. The van der Waals surface area contributed by atoms with Crippen LogP contribution in [0.25, 0.3) is 0 Å². The molecule has 0 saturated carbocycles. The number of hydrogen-bond donors (Lipinski definition) is 1. The first-order valence-corrected chi connectivity index (χ1v) is 7.05. The molecule has 0 unspecified atom stereocenters. The van der Waals surface area contributed by atoms with Crippen molar-refractivity contribution in [2.75, 3.05) is 17.7 Å². The Morgan fingerprint density at radius 2 is 2.07 bits per heavy atom. The normalized spacial score (nSPS) is 11.6. The molecular weight excluding hydrogens is 218 g/mol. The Kier molecular flexibility index (Phi) is 3.44. The fourth-order valence-electron chi connectivity index (χ4n) is 1.07. The average molecular weight is 231 g/mol. The summed E-state index contributed by atoms with van der Waals surface area (Å²) in [6.07, 6.45) is 1.90. The Balaban J connectivity index is 3.33. The minimum atomic E-state index is -3.20. The number of nitrogens with two attached hydrogens (primary N) is 1. The molecule has 0 aromatic heterocycles. The van der Waals surface area contributed by atoms with Crippen LogP contribution in [0.5, 0.6) is 0 Å². The largest absolute Gasteiger partial charge is 0.398 e. The third kappa shape index (κ3) is 2.22. The highest BCUT2D eigenvalue weighted by atomic mass is 32.2. The highest BCUT2D eigenvalue weighted by Crippen LogP contribution is 2.25. The maximum atomic E-state index is 11.6. The van der Waals surface area contributed by atoms with E-state index in [0.29, 0.717) is 5.69 Å². The van der Waals surface area contributed by atoms with Crippen molar-refractivity contribution in [3.8, 4) is 0 Å². The van der Waals surface area contributed by atoms with E-state index in [9.17, 15) is 8.42 Å². The lowest BCUT2D eigenvalue weighted by atomic mass is 10.3. The van der Waals surface area contributed by atoms with Gasteiger partial charge in [0, 0.05) is 4.90 Å². The van der Waals surface area contributed by atoms with Gasteiger partial charge in [-0.3, -0.25) is 0 Å². The van der Waals surface area contributed by atoms with Gasteiger partial charge in [-0.2, -0.15) is 0 Å².